The zero-order chi connectivity index (χ0) is 23.0. The number of aromatic nitrogens is 3. The molecule has 0 spiro atoms. The van der Waals surface area contributed by atoms with Gasteiger partial charge >= 0.3 is 0 Å². The monoisotopic (exact) mass is 436 g/mol. The number of carbonyl (C=O) groups is 1. The lowest BCUT2D eigenvalue weighted by Gasteiger charge is -2.10. The lowest BCUT2D eigenvalue weighted by molar-refractivity contribution is -0.116. The molecule has 0 aliphatic rings. The average molecular weight is 436 g/mol. The molecule has 0 saturated carbocycles. The topological polar surface area (TPSA) is 68.9 Å². The van der Waals surface area contributed by atoms with Crippen LogP contribution in [0.1, 0.15) is 23.2 Å². The molecule has 0 unspecified atom stereocenters. The van der Waals surface area contributed by atoms with E-state index in [1.807, 2.05) is 13.8 Å². The number of anilines is 1. The minimum Gasteiger partial charge on any atom is -0.326 e. The maximum absolute atomic E-state index is 13.8. The highest BCUT2D eigenvalue weighted by molar-refractivity contribution is 5.91. The molecule has 6 nitrogen and oxygen atoms in total. The van der Waals surface area contributed by atoms with Gasteiger partial charge in [0.05, 0.1) is 17.4 Å². The van der Waals surface area contributed by atoms with Gasteiger partial charge in [-0.3, -0.25) is 18.7 Å². The van der Waals surface area contributed by atoms with Gasteiger partial charge in [-0.1, -0.05) is 6.07 Å². The predicted molar refractivity (Wildman–Crippen MR) is 119 cm³/mol. The Hall–Kier alpha value is -3.81. The Labute approximate surface area is 183 Å². The van der Waals surface area contributed by atoms with Crippen LogP contribution in [0.2, 0.25) is 0 Å². The fourth-order valence-electron chi connectivity index (χ4n) is 3.78. The summed E-state index contributed by atoms with van der Waals surface area (Å²) in [4.78, 5) is 29.9. The van der Waals surface area contributed by atoms with E-state index in [4.69, 9.17) is 0 Å². The molecule has 0 atom stereocenters. The minimum atomic E-state index is -0.378. The fourth-order valence-corrected chi connectivity index (χ4v) is 3.78. The Kier molecular flexibility index (Phi) is 5.61. The normalized spacial score (nSPS) is 11.2. The van der Waals surface area contributed by atoms with Crippen molar-refractivity contribution in [2.75, 3.05) is 5.32 Å². The number of hydrogen-bond donors (Lipinski definition) is 1. The average Bonchev–Trinajstić information content (AvgIpc) is 3.00. The summed E-state index contributed by atoms with van der Waals surface area (Å²) in [6.45, 7) is 5.52. The van der Waals surface area contributed by atoms with Crippen molar-refractivity contribution in [3.05, 3.63) is 87.6 Å². The number of aryl methyl sites for hydroxylation is 3. The van der Waals surface area contributed by atoms with Crippen molar-refractivity contribution in [1.82, 2.24) is 14.1 Å². The molecule has 0 aliphatic carbocycles. The summed E-state index contributed by atoms with van der Waals surface area (Å²) in [6.07, 6.45) is 1.45. The number of nitrogens with zero attached hydrogens (tertiary/aromatic N) is 3. The highest BCUT2D eigenvalue weighted by Crippen LogP contribution is 2.25. The zero-order valence-electron chi connectivity index (χ0n) is 17.9. The summed E-state index contributed by atoms with van der Waals surface area (Å²) in [7, 11) is 0. The number of amides is 1. The fraction of sp³-hybridized carbons (Fsp3) is 0.208. The molecule has 164 valence electrons. The standard InChI is InChI=1S/C24H22F2N4O2/c1-14-11-18(26)7-8-20(14)28-21(31)9-10-29-13-27-23-22(24(29)32)15(2)16(3)30(23)19-6-4-5-17(25)12-19/h4-8,11-13H,9-10H2,1-3H3,(H,28,31). The van der Waals surface area contributed by atoms with Gasteiger partial charge in [-0.25, -0.2) is 13.8 Å². The van der Waals surface area contributed by atoms with Crippen LogP contribution in [0.25, 0.3) is 16.7 Å². The van der Waals surface area contributed by atoms with Gasteiger partial charge in [-0.15, -0.1) is 0 Å². The first-order valence-electron chi connectivity index (χ1n) is 10.1. The third-order valence-electron chi connectivity index (χ3n) is 5.59. The van der Waals surface area contributed by atoms with Crippen molar-refractivity contribution in [3.63, 3.8) is 0 Å². The summed E-state index contributed by atoms with van der Waals surface area (Å²) in [5.74, 6) is -1.05. The van der Waals surface area contributed by atoms with Gasteiger partial charge in [0.15, 0.2) is 5.65 Å². The minimum absolute atomic E-state index is 0.0482. The molecular formula is C24H22F2N4O2. The second kappa shape index (κ2) is 8.37. The summed E-state index contributed by atoms with van der Waals surface area (Å²) >= 11 is 0. The Bertz CT molecular complexity index is 1410. The Balaban J connectivity index is 1.61. The predicted octanol–water partition coefficient (Wildman–Crippen LogP) is 4.42. The maximum Gasteiger partial charge on any atom is 0.263 e. The maximum atomic E-state index is 13.8. The van der Waals surface area contributed by atoms with E-state index in [0.29, 0.717) is 28.0 Å². The van der Waals surface area contributed by atoms with Crippen LogP contribution in [0, 0.1) is 32.4 Å². The quantitative estimate of drug-likeness (QED) is 0.504. The number of benzene rings is 2. The molecule has 0 fully saturated rings. The van der Waals surface area contributed by atoms with Gasteiger partial charge in [-0.05, 0) is 68.3 Å². The Morgan fingerprint density at radius 1 is 1.06 bits per heavy atom. The molecular weight excluding hydrogens is 414 g/mol. The molecule has 8 heteroatoms. The third kappa shape index (κ3) is 3.91. The van der Waals surface area contributed by atoms with Crippen LogP contribution in [-0.2, 0) is 11.3 Å². The van der Waals surface area contributed by atoms with Gasteiger partial charge < -0.3 is 5.32 Å². The molecule has 0 saturated heterocycles. The number of rotatable bonds is 5. The van der Waals surface area contributed by atoms with E-state index >= 15 is 0 Å². The van der Waals surface area contributed by atoms with Gasteiger partial charge in [0.1, 0.15) is 11.6 Å². The Morgan fingerprint density at radius 3 is 2.53 bits per heavy atom. The highest BCUT2D eigenvalue weighted by Gasteiger charge is 2.18. The zero-order valence-corrected chi connectivity index (χ0v) is 17.9. The number of carbonyl (C=O) groups excluding carboxylic acids is 1. The van der Waals surface area contributed by atoms with E-state index < -0.39 is 0 Å². The molecule has 0 aliphatic heterocycles. The van der Waals surface area contributed by atoms with Crippen LogP contribution < -0.4 is 10.9 Å². The van der Waals surface area contributed by atoms with Crippen LogP contribution in [0.5, 0.6) is 0 Å². The molecule has 2 heterocycles. The summed E-state index contributed by atoms with van der Waals surface area (Å²) in [6, 6.07) is 10.2. The van der Waals surface area contributed by atoms with E-state index in [0.717, 1.165) is 11.3 Å². The van der Waals surface area contributed by atoms with Crippen LogP contribution in [0.4, 0.5) is 14.5 Å². The van der Waals surface area contributed by atoms with Gasteiger partial charge in [0.25, 0.3) is 5.56 Å². The van der Waals surface area contributed by atoms with E-state index in [-0.39, 0.29) is 36.1 Å². The van der Waals surface area contributed by atoms with E-state index in [2.05, 4.69) is 10.3 Å². The van der Waals surface area contributed by atoms with Crippen molar-refractivity contribution < 1.29 is 13.6 Å². The van der Waals surface area contributed by atoms with Crippen LogP contribution in [0.15, 0.2) is 53.6 Å². The van der Waals surface area contributed by atoms with Crippen molar-refractivity contribution in [3.8, 4) is 5.69 Å². The number of halogens is 2. The van der Waals surface area contributed by atoms with Crippen molar-refractivity contribution >= 4 is 22.6 Å². The van der Waals surface area contributed by atoms with Crippen molar-refractivity contribution in [1.29, 1.82) is 0 Å². The molecule has 32 heavy (non-hydrogen) atoms. The molecule has 4 aromatic rings. The SMILES string of the molecule is Cc1cc(F)ccc1NC(=O)CCn1cnc2c(c(C)c(C)n2-c2cccc(F)c2)c1=O. The second-order valence-electron chi connectivity index (χ2n) is 7.72. The largest absolute Gasteiger partial charge is 0.326 e. The number of nitrogens with one attached hydrogen (secondary N) is 1. The third-order valence-corrected chi connectivity index (χ3v) is 5.59. The summed E-state index contributed by atoms with van der Waals surface area (Å²) < 4.78 is 30.1. The van der Waals surface area contributed by atoms with E-state index in [9.17, 15) is 18.4 Å². The van der Waals surface area contributed by atoms with Crippen LogP contribution >= 0.6 is 0 Å². The van der Waals surface area contributed by atoms with Gasteiger partial charge in [0, 0.05) is 24.3 Å². The molecule has 4 rings (SSSR count). The lowest BCUT2D eigenvalue weighted by Crippen LogP contribution is -2.24. The molecule has 0 radical (unpaired) electrons. The number of hydrogen-bond acceptors (Lipinski definition) is 3. The van der Waals surface area contributed by atoms with Crippen molar-refractivity contribution in [2.45, 2.75) is 33.7 Å². The van der Waals surface area contributed by atoms with E-state index in [1.54, 1.807) is 23.6 Å². The number of fused-ring (bicyclic) bond motifs is 1. The van der Waals surface area contributed by atoms with E-state index in [1.165, 1.54) is 41.2 Å². The summed E-state index contributed by atoms with van der Waals surface area (Å²) in [5.41, 5.74) is 3.44. The molecule has 1 N–H and O–H groups in total. The van der Waals surface area contributed by atoms with Gasteiger partial charge in [-0.2, -0.15) is 0 Å². The van der Waals surface area contributed by atoms with Gasteiger partial charge in [0.2, 0.25) is 5.91 Å². The second-order valence-corrected chi connectivity index (χ2v) is 7.72. The molecule has 0 bridgehead atoms. The van der Waals surface area contributed by atoms with Crippen molar-refractivity contribution in [2.24, 2.45) is 0 Å². The first-order valence-corrected chi connectivity index (χ1v) is 10.1. The lowest BCUT2D eigenvalue weighted by atomic mass is 10.2. The molecule has 1 amide bonds. The highest BCUT2D eigenvalue weighted by atomic mass is 19.1. The van der Waals surface area contributed by atoms with Crippen LogP contribution in [-0.4, -0.2) is 20.0 Å². The van der Waals surface area contributed by atoms with Crippen LogP contribution in [0.3, 0.4) is 0 Å². The first-order chi connectivity index (χ1) is 15.3. The first kappa shape index (κ1) is 21.4. The Morgan fingerprint density at radius 2 is 1.81 bits per heavy atom. The smallest absolute Gasteiger partial charge is 0.263 e. The molecule has 2 aromatic carbocycles. The summed E-state index contributed by atoms with van der Waals surface area (Å²) in [5, 5.41) is 3.17. The molecule has 2 aromatic heterocycles.